The Morgan fingerprint density at radius 2 is 1.47 bits per heavy atom. The van der Waals surface area contributed by atoms with Crippen molar-refractivity contribution in [1.29, 1.82) is 0 Å². The van der Waals surface area contributed by atoms with Crippen LogP contribution in [0.1, 0.15) is 50.2 Å². The first kappa shape index (κ1) is 33.7. The van der Waals surface area contributed by atoms with Crippen LogP contribution < -0.4 is 14.4 Å². The van der Waals surface area contributed by atoms with Crippen molar-refractivity contribution in [3.8, 4) is 11.5 Å². The smallest absolute Gasteiger partial charge is 0.264 e. The Morgan fingerprint density at radius 1 is 0.851 bits per heavy atom. The van der Waals surface area contributed by atoms with Crippen molar-refractivity contribution in [1.82, 2.24) is 10.2 Å². The standard InChI is InChI=1S/C37H40FN3O5S/c1-27-17-23-34(24-18-27)47(44,45)41(31-19-21-33(22-20-31)46-32-14-7-4-8-15-32)26-36(42)40(25-29-11-9-10-16-35(29)38)28(2)37(43)39-30-12-5-3-6-13-30/h4,7-11,14-24,28,30H,3,5-6,12-13,25-26H2,1-2H3,(H,39,43)/t28-/m1/s1. The van der Waals surface area contributed by atoms with Gasteiger partial charge in [0.05, 0.1) is 10.6 Å². The molecule has 0 radical (unpaired) electrons. The summed E-state index contributed by atoms with van der Waals surface area (Å²) >= 11 is 0. The second-order valence-corrected chi connectivity index (χ2v) is 13.7. The molecule has 8 nitrogen and oxygen atoms in total. The number of benzene rings is 4. The highest BCUT2D eigenvalue weighted by Gasteiger charge is 2.33. The number of para-hydroxylation sites is 1. The highest BCUT2D eigenvalue weighted by molar-refractivity contribution is 7.92. The van der Waals surface area contributed by atoms with E-state index in [-0.39, 0.29) is 34.6 Å². The number of ether oxygens (including phenoxy) is 1. The summed E-state index contributed by atoms with van der Waals surface area (Å²) in [5.74, 6) is -0.447. The van der Waals surface area contributed by atoms with Crippen LogP contribution in [0.5, 0.6) is 11.5 Å². The van der Waals surface area contributed by atoms with Crippen LogP contribution in [0.25, 0.3) is 0 Å². The first-order valence-electron chi connectivity index (χ1n) is 15.9. The number of anilines is 1. The van der Waals surface area contributed by atoms with Gasteiger partial charge in [-0.05, 0) is 81.3 Å². The van der Waals surface area contributed by atoms with Gasteiger partial charge in [-0.1, -0.05) is 73.4 Å². The molecule has 0 aliphatic heterocycles. The summed E-state index contributed by atoms with van der Waals surface area (Å²) in [6.45, 7) is 2.60. The lowest BCUT2D eigenvalue weighted by Crippen LogP contribution is -2.53. The zero-order valence-electron chi connectivity index (χ0n) is 26.6. The van der Waals surface area contributed by atoms with Crippen LogP contribution in [0.2, 0.25) is 0 Å². The average molecular weight is 658 g/mol. The maximum absolute atomic E-state index is 14.9. The van der Waals surface area contributed by atoms with Gasteiger partial charge < -0.3 is 15.0 Å². The molecule has 0 bridgehead atoms. The van der Waals surface area contributed by atoms with Crippen molar-refractivity contribution in [3.63, 3.8) is 0 Å². The Morgan fingerprint density at radius 3 is 2.13 bits per heavy atom. The van der Waals surface area contributed by atoms with Gasteiger partial charge in [-0.2, -0.15) is 0 Å². The number of nitrogens with zero attached hydrogens (tertiary/aromatic N) is 2. The minimum atomic E-state index is -4.25. The molecule has 1 aliphatic rings. The lowest BCUT2D eigenvalue weighted by Gasteiger charge is -2.33. The van der Waals surface area contributed by atoms with E-state index in [1.54, 1.807) is 73.7 Å². The molecule has 10 heteroatoms. The number of carbonyl (C=O) groups excluding carboxylic acids is 2. The van der Waals surface area contributed by atoms with E-state index in [1.807, 2.05) is 25.1 Å². The third-order valence-electron chi connectivity index (χ3n) is 8.41. The number of nitrogens with one attached hydrogen (secondary N) is 1. The Balaban J connectivity index is 1.47. The molecule has 0 heterocycles. The van der Waals surface area contributed by atoms with Crippen LogP contribution in [0.4, 0.5) is 10.1 Å². The SMILES string of the molecule is Cc1ccc(S(=O)(=O)N(CC(=O)N(Cc2ccccc2F)[C@H](C)C(=O)NC2CCCCC2)c2ccc(Oc3ccccc3)cc2)cc1. The lowest BCUT2D eigenvalue weighted by atomic mass is 9.95. The Hall–Kier alpha value is -4.70. The fourth-order valence-electron chi connectivity index (χ4n) is 5.63. The van der Waals surface area contributed by atoms with Gasteiger partial charge >= 0.3 is 0 Å². The van der Waals surface area contributed by atoms with Gasteiger partial charge in [-0.3, -0.25) is 13.9 Å². The van der Waals surface area contributed by atoms with E-state index in [1.165, 1.54) is 23.1 Å². The van der Waals surface area contributed by atoms with E-state index in [0.29, 0.717) is 11.5 Å². The first-order chi connectivity index (χ1) is 22.6. The van der Waals surface area contributed by atoms with E-state index in [2.05, 4.69) is 5.32 Å². The number of aryl methyl sites for hydroxylation is 1. The van der Waals surface area contributed by atoms with Gasteiger partial charge in [0, 0.05) is 18.2 Å². The van der Waals surface area contributed by atoms with Gasteiger partial charge in [0.1, 0.15) is 29.9 Å². The fourth-order valence-corrected chi connectivity index (χ4v) is 7.05. The third kappa shape index (κ3) is 8.56. The summed E-state index contributed by atoms with van der Waals surface area (Å²) in [7, 11) is -4.25. The van der Waals surface area contributed by atoms with Crippen LogP contribution in [0.3, 0.4) is 0 Å². The summed E-state index contributed by atoms with van der Waals surface area (Å²) in [5, 5.41) is 3.05. The maximum Gasteiger partial charge on any atom is 0.264 e. The zero-order valence-corrected chi connectivity index (χ0v) is 27.5. The molecule has 1 atom stereocenters. The van der Waals surface area contributed by atoms with Crippen molar-refractivity contribution >= 4 is 27.5 Å². The van der Waals surface area contributed by atoms with E-state index in [4.69, 9.17) is 4.74 Å². The summed E-state index contributed by atoms with van der Waals surface area (Å²) < 4.78 is 50.1. The summed E-state index contributed by atoms with van der Waals surface area (Å²) in [5.41, 5.74) is 1.32. The topological polar surface area (TPSA) is 96.0 Å². The molecule has 1 saturated carbocycles. The van der Waals surface area contributed by atoms with Gasteiger partial charge in [-0.25, -0.2) is 12.8 Å². The summed E-state index contributed by atoms with van der Waals surface area (Å²) in [4.78, 5) is 29.0. The van der Waals surface area contributed by atoms with Crippen LogP contribution in [-0.4, -0.2) is 43.8 Å². The Kier molecular flexibility index (Phi) is 10.9. The summed E-state index contributed by atoms with van der Waals surface area (Å²) in [6.07, 6.45) is 4.85. The van der Waals surface area contributed by atoms with Crippen molar-refractivity contribution in [3.05, 3.63) is 120 Å². The molecular formula is C37H40FN3O5S. The average Bonchev–Trinajstić information content (AvgIpc) is 3.08. The quantitative estimate of drug-likeness (QED) is 0.177. The van der Waals surface area contributed by atoms with Gasteiger partial charge in [0.2, 0.25) is 11.8 Å². The van der Waals surface area contributed by atoms with Crippen LogP contribution in [0, 0.1) is 12.7 Å². The molecular weight excluding hydrogens is 617 g/mol. The molecule has 4 aromatic carbocycles. The van der Waals surface area contributed by atoms with E-state index in [0.717, 1.165) is 42.0 Å². The minimum Gasteiger partial charge on any atom is -0.457 e. The largest absolute Gasteiger partial charge is 0.457 e. The minimum absolute atomic E-state index is 0.000790. The van der Waals surface area contributed by atoms with Crippen molar-refractivity contribution in [2.24, 2.45) is 0 Å². The van der Waals surface area contributed by atoms with Gasteiger partial charge in [0.25, 0.3) is 10.0 Å². The lowest BCUT2D eigenvalue weighted by molar-refractivity contribution is -0.139. The van der Waals surface area contributed by atoms with Crippen molar-refractivity contribution in [2.45, 2.75) is 69.5 Å². The molecule has 1 aliphatic carbocycles. The number of amides is 2. The normalized spacial score (nSPS) is 14.2. The number of halogens is 1. The Bertz CT molecular complexity index is 1760. The molecule has 4 aromatic rings. The van der Waals surface area contributed by atoms with E-state index < -0.39 is 34.3 Å². The molecule has 47 heavy (non-hydrogen) atoms. The number of hydrogen-bond acceptors (Lipinski definition) is 5. The first-order valence-corrected chi connectivity index (χ1v) is 17.3. The number of carbonyl (C=O) groups is 2. The second kappa shape index (κ2) is 15.3. The van der Waals surface area contributed by atoms with Gasteiger partial charge in [0.15, 0.2) is 0 Å². The molecule has 0 unspecified atom stereocenters. The zero-order chi connectivity index (χ0) is 33.4. The molecule has 1 N–H and O–H groups in total. The van der Waals surface area contributed by atoms with E-state index >= 15 is 0 Å². The van der Waals surface area contributed by atoms with Crippen molar-refractivity contribution in [2.75, 3.05) is 10.8 Å². The third-order valence-corrected chi connectivity index (χ3v) is 10.2. The molecule has 0 spiro atoms. The fraction of sp³-hybridized carbons (Fsp3) is 0.297. The molecule has 5 rings (SSSR count). The van der Waals surface area contributed by atoms with Crippen LogP contribution in [-0.2, 0) is 26.2 Å². The highest BCUT2D eigenvalue weighted by atomic mass is 32.2. The highest BCUT2D eigenvalue weighted by Crippen LogP contribution is 2.29. The predicted octanol–water partition coefficient (Wildman–Crippen LogP) is 6.99. The predicted molar refractivity (Wildman–Crippen MR) is 180 cm³/mol. The van der Waals surface area contributed by atoms with Crippen molar-refractivity contribution < 1.29 is 27.1 Å². The molecule has 1 fully saturated rings. The molecule has 2 amide bonds. The summed E-state index contributed by atoms with van der Waals surface area (Å²) in [6, 6.07) is 27.0. The Labute approximate surface area is 276 Å². The maximum atomic E-state index is 14.9. The molecule has 0 saturated heterocycles. The molecule has 246 valence electrons. The monoisotopic (exact) mass is 657 g/mol. The van der Waals surface area contributed by atoms with Crippen LogP contribution in [0.15, 0.2) is 108 Å². The van der Waals surface area contributed by atoms with E-state index in [9.17, 15) is 22.4 Å². The number of rotatable bonds is 12. The molecule has 0 aromatic heterocycles. The number of hydrogen-bond donors (Lipinski definition) is 1. The van der Waals surface area contributed by atoms with Crippen LogP contribution >= 0.6 is 0 Å². The van der Waals surface area contributed by atoms with Gasteiger partial charge in [-0.15, -0.1) is 0 Å². The second-order valence-electron chi connectivity index (χ2n) is 11.9. The number of sulfonamides is 1.